The van der Waals surface area contributed by atoms with Gasteiger partial charge in [0.15, 0.2) is 5.54 Å². The molecule has 2 aromatic rings. The maximum atomic E-state index is 12.4. The van der Waals surface area contributed by atoms with Gasteiger partial charge in [0.1, 0.15) is 6.10 Å². The first kappa shape index (κ1) is 18.4. The van der Waals surface area contributed by atoms with Crippen LogP contribution in [0.3, 0.4) is 0 Å². The van der Waals surface area contributed by atoms with Crippen molar-refractivity contribution in [2.75, 3.05) is 0 Å². The van der Waals surface area contributed by atoms with Crippen LogP contribution in [0, 0.1) is 5.92 Å². The number of aliphatic hydroxyl groups excluding tert-OH is 1. The lowest BCUT2D eigenvalue weighted by molar-refractivity contribution is -0.129. The lowest BCUT2D eigenvalue weighted by Gasteiger charge is -2.33. The lowest BCUT2D eigenvalue weighted by Crippen LogP contribution is -2.52. The fraction of sp³-hybridized carbons (Fsp3) is 0.300. The van der Waals surface area contributed by atoms with E-state index in [1.54, 1.807) is 12.1 Å². The summed E-state index contributed by atoms with van der Waals surface area (Å²) in [4.78, 5) is 24.1. The van der Waals surface area contributed by atoms with Crippen molar-refractivity contribution >= 4 is 23.5 Å². The Labute approximate surface area is 157 Å². The minimum atomic E-state index is -1.35. The van der Waals surface area contributed by atoms with E-state index >= 15 is 0 Å². The smallest absolute Gasteiger partial charge is 0.322 e. The summed E-state index contributed by atoms with van der Waals surface area (Å²) >= 11 is 5.92. The number of rotatable bonds is 5. The second-order valence-electron chi connectivity index (χ2n) is 7.01. The molecular formula is C20H21ClN2O3. The van der Waals surface area contributed by atoms with Crippen LogP contribution in [0.1, 0.15) is 31.9 Å². The molecule has 0 spiro atoms. The molecule has 6 heteroatoms. The van der Waals surface area contributed by atoms with Gasteiger partial charge in [0.2, 0.25) is 0 Å². The van der Waals surface area contributed by atoms with Crippen molar-refractivity contribution in [3.8, 4) is 11.1 Å². The first-order valence-electron chi connectivity index (χ1n) is 8.49. The molecule has 0 radical (unpaired) electrons. The van der Waals surface area contributed by atoms with E-state index < -0.39 is 23.6 Å². The van der Waals surface area contributed by atoms with Gasteiger partial charge in [-0.05, 0) is 41.2 Å². The van der Waals surface area contributed by atoms with Crippen LogP contribution in [0.5, 0.6) is 0 Å². The average molecular weight is 373 g/mol. The number of carbonyl (C=O) groups excluding carboxylic acids is 2. The van der Waals surface area contributed by atoms with E-state index in [0.29, 0.717) is 17.0 Å². The molecule has 3 amide bonds. The van der Waals surface area contributed by atoms with Gasteiger partial charge in [-0.2, -0.15) is 0 Å². The van der Waals surface area contributed by atoms with Gasteiger partial charge in [-0.3, -0.25) is 10.1 Å². The van der Waals surface area contributed by atoms with Gasteiger partial charge < -0.3 is 10.4 Å². The van der Waals surface area contributed by atoms with E-state index in [1.165, 1.54) is 0 Å². The van der Waals surface area contributed by atoms with Gasteiger partial charge in [0.25, 0.3) is 5.91 Å². The molecule has 3 rings (SSSR count). The highest BCUT2D eigenvalue weighted by atomic mass is 35.5. The Morgan fingerprint density at radius 1 is 1.00 bits per heavy atom. The predicted molar refractivity (Wildman–Crippen MR) is 101 cm³/mol. The third kappa shape index (κ3) is 3.45. The number of urea groups is 1. The first-order chi connectivity index (χ1) is 12.3. The van der Waals surface area contributed by atoms with Crippen molar-refractivity contribution in [1.82, 2.24) is 10.6 Å². The van der Waals surface area contributed by atoms with E-state index in [9.17, 15) is 14.7 Å². The molecular weight excluding hydrogens is 352 g/mol. The minimum Gasteiger partial charge on any atom is -0.385 e. The number of aliphatic hydroxyl groups is 1. The zero-order valence-corrected chi connectivity index (χ0v) is 15.4. The Balaban J connectivity index is 1.90. The average Bonchev–Trinajstić information content (AvgIpc) is 2.88. The monoisotopic (exact) mass is 372 g/mol. The van der Waals surface area contributed by atoms with Crippen LogP contribution in [-0.4, -0.2) is 22.6 Å². The van der Waals surface area contributed by atoms with E-state index in [2.05, 4.69) is 10.6 Å². The van der Waals surface area contributed by atoms with E-state index in [0.717, 1.165) is 11.1 Å². The van der Waals surface area contributed by atoms with Gasteiger partial charge in [0.05, 0.1) is 0 Å². The predicted octanol–water partition coefficient (Wildman–Crippen LogP) is 3.66. The zero-order chi connectivity index (χ0) is 18.9. The van der Waals surface area contributed by atoms with Gasteiger partial charge >= 0.3 is 6.03 Å². The molecule has 2 unspecified atom stereocenters. The molecule has 2 aromatic carbocycles. The van der Waals surface area contributed by atoms with Crippen molar-refractivity contribution in [2.45, 2.75) is 31.9 Å². The molecule has 2 atom stereocenters. The van der Waals surface area contributed by atoms with Gasteiger partial charge in [-0.25, -0.2) is 4.79 Å². The largest absolute Gasteiger partial charge is 0.385 e. The fourth-order valence-electron chi connectivity index (χ4n) is 3.38. The van der Waals surface area contributed by atoms with Crippen LogP contribution >= 0.6 is 11.6 Å². The molecule has 0 saturated carbocycles. The third-order valence-corrected chi connectivity index (χ3v) is 4.82. The summed E-state index contributed by atoms with van der Waals surface area (Å²) in [6, 6.07) is 14.2. The van der Waals surface area contributed by atoms with E-state index in [4.69, 9.17) is 11.6 Å². The van der Waals surface area contributed by atoms with Crippen LogP contribution in [-0.2, 0) is 4.79 Å². The molecule has 0 aliphatic carbocycles. The highest BCUT2D eigenvalue weighted by Crippen LogP contribution is 2.35. The molecule has 1 fully saturated rings. The summed E-state index contributed by atoms with van der Waals surface area (Å²) in [6.45, 7) is 3.88. The lowest BCUT2D eigenvalue weighted by atomic mass is 9.80. The number of halogens is 1. The minimum absolute atomic E-state index is 0.113. The Hall–Kier alpha value is -2.37. The second kappa shape index (κ2) is 7.09. The highest BCUT2D eigenvalue weighted by Gasteiger charge is 2.52. The summed E-state index contributed by atoms with van der Waals surface area (Å²) in [5.41, 5.74) is 1.18. The summed E-state index contributed by atoms with van der Waals surface area (Å²) in [5, 5.41) is 16.5. The summed E-state index contributed by atoms with van der Waals surface area (Å²) in [5.74, 6) is -0.382. The molecule has 0 aromatic heterocycles. The maximum Gasteiger partial charge on any atom is 0.322 e. The molecule has 1 heterocycles. The summed E-state index contributed by atoms with van der Waals surface area (Å²) in [7, 11) is 0. The van der Waals surface area contributed by atoms with Crippen LogP contribution < -0.4 is 10.6 Å². The van der Waals surface area contributed by atoms with Crippen molar-refractivity contribution in [3.63, 3.8) is 0 Å². The van der Waals surface area contributed by atoms with Crippen LogP contribution in [0.4, 0.5) is 4.79 Å². The number of amides is 3. The van der Waals surface area contributed by atoms with Crippen molar-refractivity contribution in [1.29, 1.82) is 0 Å². The Bertz CT molecular complexity index is 818. The van der Waals surface area contributed by atoms with E-state index in [1.807, 2.05) is 50.2 Å². The molecule has 3 N–H and O–H groups in total. The fourth-order valence-corrected chi connectivity index (χ4v) is 3.51. The SMILES string of the molecule is CC(C)CC1(C(O)c2ccc(-c3ccc(Cl)cc3)cc2)NC(=O)NC1=O. The normalized spacial score (nSPS) is 20.8. The molecule has 1 aliphatic rings. The first-order valence-corrected chi connectivity index (χ1v) is 8.87. The van der Waals surface area contributed by atoms with Crippen molar-refractivity contribution < 1.29 is 14.7 Å². The maximum absolute atomic E-state index is 12.4. The van der Waals surface area contributed by atoms with E-state index in [-0.39, 0.29) is 5.92 Å². The number of nitrogens with one attached hydrogen (secondary N) is 2. The standard InChI is InChI=1S/C20H21ClN2O3/c1-12(2)11-20(18(25)22-19(26)23-20)17(24)15-5-3-13(4-6-15)14-7-9-16(21)10-8-14/h3-10,12,17,24H,11H2,1-2H3,(H2,22,23,25,26). The zero-order valence-electron chi connectivity index (χ0n) is 14.6. The van der Waals surface area contributed by atoms with Crippen molar-refractivity contribution in [3.05, 3.63) is 59.1 Å². The molecule has 5 nitrogen and oxygen atoms in total. The topological polar surface area (TPSA) is 78.4 Å². The number of carbonyl (C=O) groups is 2. The number of imide groups is 1. The number of benzene rings is 2. The van der Waals surface area contributed by atoms with Crippen LogP contribution in [0.2, 0.25) is 5.02 Å². The Morgan fingerprint density at radius 3 is 2.00 bits per heavy atom. The Kier molecular flexibility index (Phi) is 5.03. The van der Waals surface area contributed by atoms with Gasteiger partial charge in [-0.15, -0.1) is 0 Å². The van der Waals surface area contributed by atoms with Gasteiger partial charge in [0, 0.05) is 5.02 Å². The third-order valence-electron chi connectivity index (χ3n) is 4.57. The Morgan fingerprint density at radius 2 is 1.54 bits per heavy atom. The molecule has 26 heavy (non-hydrogen) atoms. The summed E-state index contributed by atoms with van der Waals surface area (Å²) in [6.07, 6.45) is -0.805. The molecule has 1 aliphatic heterocycles. The van der Waals surface area contributed by atoms with Crippen molar-refractivity contribution in [2.24, 2.45) is 5.92 Å². The van der Waals surface area contributed by atoms with Crippen LogP contribution in [0.25, 0.3) is 11.1 Å². The number of hydrogen-bond acceptors (Lipinski definition) is 3. The molecule has 1 saturated heterocycles. The van der Waals surface area contributed by atoms with Gasteiger partial charge in [-0.1, -0.05) is 61.8 Å². The molecule has 0 bridgehead atoms. The quantitative estimate of drug-likeness (QED) is 0.701. The molecule has 136 valence electrons. The van der Waals surface area contributed by atoms with Crippen LogP contribution in [0.15, 0.2) is 48.5 Å². The summed E-state index contributed by atoms with van der Waals surface area (Å²) < 4.78 is 0. The second-order valence-corrected chi connectivity index (χ2v) is 7.45. The highest BCUT2D eigenvalue weighted by molar-refractivity contribution is 6.30. The number of hydrogen-bond donors (Lipinski definition) is 3.